The number of ether oxygens (including phenoxy) is 3. The van der Waals surface area contributed by atoms with Gasteiger partial charge in [-0.25, -0.2) is 4.79 Å². The van der Waals surface area contributed by atoms with Crippen molar-refractivity contribution in [2.45, 2.75) is 65.5 Å². The summed E-state index contributed by atoms with van der Waals surface area (Å²) < 4.78 is 17.0. The van der Waals surface area contributed by atoms with Gasteiger partial charge in [-0.05, 0) is 67.4 Å². The van der Waals surface area contributed by atoms with Crippen LogP contribution in [0.3, 0.4) is 0 Å². The molecule has 2 unspecified atom stereocenters. The molecule has 8 heteroatoms. The Bertz CT molecular complexity index is 1000. The zero-order valence-electron chi connectivity index (χ0n) is 22.9. The van der Waals surface area contributed by atoms with Crippen LogP contribution >= 0.6 is 0 Å². The third kappa shape index (κ3) is 5.37. The standard InChI is InChI=1S/C29H43N3O5/c1-19(2)16-37-28(34)32-15-24-11-21(10-22-6-8-36-17-26(22)35-4)12-29(24,18-32)27(33)31-7-5-25-23(14-31)9-20(3)13-30-25/h9,13,19,21-22,24,26H,5-8,10-12,14-18H2,1-4H3/t21-,22?,24+,26?,29+/m1/s1. The third-order valence-corrected chi connectivity index (χ3v) is 9.03. The number of hydrogen-bond donors (Lipinski definition) is 0. The van der Waals surface area contributed by atoms with Gasteiger partial charge >= 0.3 is 6.09 Å². The molecule has 5 rings (SSSR count). The number of pyridine rings is 1. The average Bonchev–Trinajstić information content (AvgIpc) is 3.41. The summed E-state index contributed by atoms with van der Waals surface area (Å²) in [6.07, 6.45) is 6.39. The first-order valence-electron chi connectivity index (χ1n) is 14.0. The van der Waals surface area contributed by atoms with Crippen LogP contribution in [-0.4, -0.2) is 79.5 Å². The van der Waals surface area contributed by atoms with Crippen molar-refractivity contribution in [3.63, 3.8) is 0 Å². The number of aromatic nitrogens is 1. The van der Waals surface area contributed by atoms with Gasteiger partial charge in [0.1, 0.15) is 0 Å². The molecule has 1 aliphatic carbocycles. The lowest BCUT2D eigenvalue weighted by molar-refractivity contribution is -0.144. The van der Waals surface area contributed by atoms with Crippen LogP contribution in [0.25, 0.3) is 0 Å². The maximum atomic E-state index is 14.4. The molecule has 1 aromatic heterocycles. The van der Waals surface area contributed by atoms with Crippen LogP contribution in [0.1, 0.15) is 56.4 Å². The van der Waals surface area contributed by atoms with Gasteiger partial charge in [0, 0.05) is 58.2 Å². The molecule has 5 atom stereocenters. The molecule has 2 amide bonds. The monoisotopic (exact) mass is 513 g/mol. The summed E-state index contributed by atoms with van der Waals surface area (Å²) in [5, 5.41) is 0. The maximum absolute atomic E-state index is 14.4. The van der Waals surface area contributed by atoms with Crippen molar-refractivity contribution in [1.82, 2.24) is 14.8 Å². The molecule has 0 radical (unpaired) electrons. The second-order valence-electron chi connectivity index (χ2n) is 12.2. The van der Waals surface area contributed by atoms with Gasteiger partial charge in [-0.1, -0.05) is 19.9 Å². The minimum absolute atomic E-state index is 0.123. The van der Waals surface area contributed by atoms with E-state index in [1.54, 1.807) is 12.0 Å². The Hall–Kier alpha value is -2.19. The number of likely N-dealkylation sites (tertiary alicyclic amines) is 1. The van der Waals surface area contributed by atoms with Crippen molar-refractivity contribution in [2.24, 2.45) is 29.1 Å². The molecule has 1 saturated carbocycles. The molecule has 4 heterocycles. The molecular weight excluding hydrogens is 470 g/mol. The topological polar surface area (TPSA) is 81.2 Å². The molecule has 37 heavy (non-hydrogen) atoms. The van der Waals surface area contributed by atoms with Gasteiger partial charge in [0.25, 0.3) is 0 Å². The third-order valence-electron chi connectivity index (χ3n) is 9.03. The van der Waals surface area contributed by atoms with E-state index in [1.165, 1.54) is 0 Å². The largest absolute Gasteiger partial charge is 0.449 e. The fourth-order valence-corrected chi connectivity index (χ4v) is 7.23. The van der Waals surface area contributed by atoms with E-state index < -0.39 is 5.41 Å². The Morgan fingerprint density at radius 1 is 1.30 bits per heavy atom. The molecule has 0 aromatic carbocycles. The Labute approximate surface area is 221 Å². The van der Waals surface area contributed by atoms with Crippen molar-refractivity contribution in [3.8, 4) is 0 Å². The molecule has 8 nitrogen and oxygen atoms in total. The van der Waals surface area contributed by atoms with Crippen molar-refractivity contribution in [3.05, 3.63) is 29.1 Å². The quantitative estimate of drug-likeness (QED) is 0.575. The first kappa shape index (κ1) is 26.4. The number of hydrogen-bond acceptors (Lipinski definition) is 6. The van der Waals surface area contributed by atoms with E-state index in [2.05, 4.69) is 11.1 Å². The lowest BCUT2D eigenvalue weighted by Gasteiger charge is -2.37. The van der Waals surface area contributed by atoms with Crippen LogP contribution in [0.15, 0.2) is 12.3 Å². The summed E-state index contributed by atoms with van der Waals surface area (Å²) in [4.78, 5) is 35.8. The molecule has 4 aliphatic rings. The van der Waals surface area contributed by atoms with Crippen LogP contribution in [0.2, 0.25) is 0 Å². The number of nitrogens with zero attached hydrogens (tertiary/aromatic N) is 3. The van der Waals surface area contributed by atoms with Gasteiger partial charge < -0.3 is 24.0 Å². The second-order valence-corrected chi connectivity index (χ2v) is 12.2. The van der Waals surface area contributed by atoms with E-state index in [4.69, 9.17) is 14.2 Å². The van der Waals surface area contributed by atoms with E-state index >= 15 is 0 Å². The summed E-state index contributed by atoms with van der Waals surface area (Å²) in [6, 6.07) is 2.16. The summed E-state index contributed by atoms with van der Waals surface area (Å²) in [5.41, 5.74) is 2.83. The van der Waals surface area contributed by atoms with Crippen LogP contribution in [0, 0.1) is 36.0 Å². The minimum Gasteiger partial charge on any atom is -0.449 e. The van der Waals surface area contributed by atoms with Gasteiger partial charge in [-0.15, -0.1) is 0 Å². The Morgan fingerprint density at radius 2 is 2.14 bits per heavy atom. The number of methoxy groups -OCH3 is 1. The predicted molar refractivity (Wildman–Crippen MR) is 139 cm³/mol. The van der Waals surface area contributed by atoms with Crippen LogP contribution in [-0.2, 0) is 32.0 Å². The fraction of sp³-hybridized carbons (Fsp3) is 0.759. The molecule has 1 aromatic rings. The summed E-state index contributed by atoms with van der Waals surface area (Å²) in [5.74, 6) is 1.56. The molecule has 0 N–H and O–H groups in total. The Morgan fingerprint density at radius 3 is 2.92 bits per heavy atom. The average molecular weight is 514 g/mol. The highest BCUT2D eigenvalue weighted by Gasteiger charge is 2.60. The molecule has 2 saturated heterocycles. The number of aryl methyl sites for hydroxylation is 1. The fourth-order valence-electron chi connectivity index (χ4n) is 7.23. The van der Waals surface area contributed by atoms with Gasteiger partial charge in [-0.3, -0.25) is 9.78 Å². The molecule has 3 fully saturated rings. The molecule has 3 aliphatic heterocycles. The van der Waals surface area contributed by atoms with E-state index in [0.717, 1.165) is 55.5 Å². The Kier molecular flexibility index (Phi) is 7.78. The van der Waals surface area contributed by atoms with Crippen molar-refractivity contribution in [1.29, 1.82) is 0 Å². The van der Waals surface area contributed by atoms with Crippen molar-refractivity contribution >= 4 is 12.0 Å². The van der Waals surface area contributed by atoms with Crippen molar-refractivity contribution in [2.75, 3.05) is 46.6 Å². The van der Waals surface area contributed by atoms with Crippen molar-refractivity contribution < 1.29 is 23.8 Å². The lowest BCUT2D eigenvalue weighted by Crippen LogP contribution is -2.49. The number of carbonyl (C=O) groups excluding carboxylic acids is 2. The first-order valence-corrected chi connectivity index (χ1v) is 14.0. The lowest BCUT2D eigenvalue weighted by atomic mass is 9.78. The number of carbonyl (C=O) groups is 2. The van der Waals surface area contributed by atoms with Gasteiger partial charge in [-0.2, -0.15) is 0 Å². The summed E-state index contributed by atoms with van der Waals surface area (Å²) in [7, 11) is 1.77. The molecule has 0 bridgehead atoms. The summed E-state index contributed by atoms with van der Waals surface area (Å²) >= 11 is 0. The zero-order valence-corrected chi connectivity index (χ0v) is 22.9. The normalized spacial score (nSPS) is 31.4. The second kappa shape index (κ2) is 10.9. The highest BCUT2D eigenvalue weighted by Crippen LogP contribution is 2.54. The van der Waals surface area contributed by atoms with Crippen LogP contribution in [0.5, 0.6) is 0 Å². The first-order chi connectivity index (χ1) is 17.8. The van der Waals surface area contributed by atoms with E-state index in [9.17, 15) is 9.59 Å². The van der Waals surface area contributed by atoms with Crippen LogP contribution < -0.4 is 0 Å². The zero-order chi connectivity index (χ0) is 26.2. The van der Waals surface area contributed by atoms with E-state index in [0.29, 0.717) is 51.2 Å². The number of fused-ring (bicyclic) bond motifs is 2. The predicted octanol–water partition coefficient (Wildman–Crippen LogP) is 3.84. The summed E-state index contributed by atoms with van der Waals surface area (Å²) in [6.45, 7) is 10.3. The Balaban J connectivity index is 1.35. The minimum atomic E-state index is -0.538. The number of amides is 2. The molecule has 0 spiro atoms. The molecule has 204 valence electrons. The van der Waals surface area contributed by atoms with Gasteiger partial charge in [0.2, 0.25) is 5.91 Å². The number of rotatable bonds is 6. The SMILES string of the molecule is COC1COCCC1C[C@@H]1C[C@H]2CN(C(=O)OCC(C)C)C[C@@]2(C(=O)N2CCc3ncc(C)cc3C2)C1. The van der Waals surface area contributed by atoms with Gasteiger partial charge in [0.05, 0.1) is 24.7 Å². The van der Waals surface area contributed by atoms with E-state index in [1.807, 2.05) is 31.9 Å². The highest BCUT2D eigenvalue weighted by atomic mass is 16.6. The van der Waals surface area contributed by atoms with Gasteiger partial charge in [0.15, 0.2) is 0 Å². The smallest absolute Gasteiger partial charge is 0.409 e. The van der Waals surface area contributed by atoms with E-state index in [-0.39, 0.29) is 29.9 Å². The highest BCUT2D eigenvalue weighted by molar-refractivity contribution is 5.85. The molecular formula is C29H43N3O5. The maximum Gasteiger partial charge on any atom is 0.409 e. The van der Waals surface area contributed by atoms with Crippen LogP contribution in [0.4, 0.5) is 4.79 Å².